The number of carbonyl (C=O) groups is 8. The predicted octanol–water partition coefficient (Wildman–Crippen LogP) is 30.2. The highest BCUT2D eigenvalue weighted by molar-refractivity contribution is 6.37. The second-order valence-corrected chi connectivity index (χ2v) is 43.2. The zero-order chi connectivity index (χ0) is 105. The monoisotopic (exact) mass is 2150 g/mol. The van der Waals surface area contributed by atoms with Crippen molar-refractivity contribution in [3.63, 3.8) is 0 Å². The van der Waals surface area contributed by atoms with Gasteiger partial charge in [-0.2, -0.15) is 0 Å². The van der Waals surface area contributed by atoms with Gasteiger partial charge in [-0.1, -0.05) is 379 Å². The molecule has 149 heavy (non-hydrogen) atoms. The Hall–Kier alpha value is -12.3. The molecule has 0 aromatic heterocycles. The zero-order valence-electron chi connectivity index (χ0n) is 81.7. The number of esters is 4. The van der Waals surface area contributed by atoms with Crippen molar-refractivity contribution >= 4 is 141 Å². The first kappa shape index (κ1) is 107. The molecule has 13 aromatic carbocycles. The van der Waals surface area contributed by atoms with E-state index in [1.807, 2.05) is 146 Å². The van der Waals surface area contributed by atoms with Crippen LogP contribution in [0.15, 0.2) is 322 Å². The molecule has 0 amide bonds. The van der Waals surface area contributed by atoms with Gasteiger partial charge in [0.15, 0.2) is 0 Å². The van der Waals surface area contributed by atoms with E-state index >= 15 is 0 Å². The third-order valence-corrected chi connectivity index (χ3v) is 34.8. The van der Waals surface area contributed by atoms with E-state index < -0.39 is 131 Å². The van der Waals surface area contributed by atoms with Gasteiger partial charge in [0.2, 0.25) is 0 Å². The lowest BCUT2D eigenvalue weighted by Crippen LogP contribution is -2.52. The highest BCUT2D eigenvalue weighted by Gasteiger charge is 2.65. The molecule has 17 nitrogen and oxygen atoms in total. The maximum atomic E-state index is 14.1. The number of benzene rings is 13. The Morgan fingerprint density at radius 1 is 0.255 bits per heavy atom. The van der Waals surface area contributed by atoms with Crippen molar-refractivity contribution < 1.29 is 82.5 Å². The molecule has 766 valence electrons. The van der Waals surface area contributed by atoms with Crippen LogP contribution < -0.4 is 4.74 Å². The summed E-state index contributed by atoms with van der Waals surface area (Å²) in [5.74, 6) is -16.3. The lowest BCUT2D eigenvalue weighted by atomic mass is 9.52. The molecule has 4 N–H and O–H groups in total. The van der Waals surface area contributed by atoms with Crippen LogP contribution >= 0.6 is 92.8 Å². The topological polar surface area (TPSA) is 264 Å². The molecule has 0 bridgehead atoms. The van der Waals surface area contributed by atoms with Crippen LogP contribution in [-0.4, -0.2) is 100 Å². The van der Waals surface area contributed by atoms with Crippen LogP contribution in [0, 0.1) is 54.3 Å². The second-order valence-electron chi connectivity index (χ2n) is 39.9. The average molecular weight is 2160 g/mol. The van der Waals surface area contributed by atoms with Crippen molar-refractivity contribution in [2.75, 3.05) is 13.7 Å². The summed E-state index contributed by atoms with van der Waals surface area (Å²) in [7, 11) is 1.58. The predicted molar refractivity (Wildman–Crippen MR) is 581 cm³/mol. The second kappa shape index (κ2) is 47.9. The minimum atomic E-state index is -1.09. The number of rotatable bonds is 25. The quantitative estimate of drug-likeness (QED) is 0.0306. The molecular formula is C124H112Cl8O17. The van der Waals surface area contributed by atoms with E-state index in [0.717, 1.165) is 127 Å². The Balaban J connectivity index is 0.000000130. The molecule has 16 atom stereocenters. The summed E-state index contributed by atoms with van der Waals surface area (Å²) >= 11 is 52.3. The number of ether oxygens (including phenoxy) is 5. The third kappa shape index (κ3) is 22.1. The highest BCUT2D eigenvalue weighted by atomic mass is 35.5. The first-order valence-electron chi connectivity index (χ1n) is 50.8. The van der Waals surface area contributed by atoms with Crippen molar-refractivity contribution in [1.82, 2.24) is 0 Å². The molecule has 0 spiro atoms. The van der Waals surface area contributed by atoms with Crippen LogP contribution in [0.2, 0.25) is 40.2 Å². The van der Waals surface area contributed by atoms with Gasteiger partial charge in [0, 0.05) is 111 Å². The van der Waals surface area contributed by atoms with Gasteiger partial charge in [0.1, 0.15) is 30.7 Å². The minimum Gasteiger partial charge on any atom is -0.496 e. The number of methoxy groups -OCH3 is 1. The smallest absolute Gasteiger partial charge is 0.310 e. The molecule has 21 rings (SSSR count). The molecule has 7 saturated carbocycles. The number of carbonyl (C=O) groups excluding carboxylic acids is 4. The normalized spacial score (nSPS) is 25.8. The van der Waals surface area contributed by atoms with Gasteiger partial charge in [-0.3, -0.25) is 38.4 Å². The van der Waals surface area contributed by atoms with E-state index in [1.165, 1.54) is 5.56 Å². The summed E-state index contributed by atoms with van der Waals surface area (Å²) in [5.41, 5.74) is 14.0. The Kier molecular flexibility index (Phi) is 34.3. The summed E-state index contributed by atoms with van der Waals surface area (Å²) in [6.07, 6.45) is 10.6. The molecule has 0 radical (unpaired) electrons. The maximum absolute atomic E-state index is 14.1. The Morgan fingerprint density at radius 2 is 0.503 bits per heavy atom. The molecule has 0 aliphatic heterocycles. The zero-order valence-corrected chi connectivity index (χ0v) is 87.7. The van der Waals surface area contributed by atoms with Gasteiger partial charge in [-0.25, -0.2) is 0 Å². The Labute approximate surface area is 906 Å². The summed E-state index contributed by atoms with van der Waals surface area (Å²) in [6.45, 7) is 2.13. The first-order valence-corrected chi connectivity index (χ1v) is 53.8. The van der Waals surface area contributed by atoms with Gasteiger partial charge >= 0.3 is 47.8 Å². The Morgan fingerprint density at radius 3 is 0.826 bits per heavy atom. The van der Waals surface area contributed by atoms with Crippen molar-refractivity contribution in [1.29, 1.82) is 0 Å². The van der Waals surface area contributed by atoms with Crippen LogP contribution in [0.25, 0.3) is 11.1 Å². The number of hydrogen-bond donors (Lipinski definition) is 4. The summed E-state index contributed by atoms with van der Waals surface area (Å²) < 4.78 is 30.5. The van der Waals surface area contributed by atoms with Gasteiger partial charge in [0.25, 0.3) is 0 Å². The fourth-order valence-corrected chi connectivity index (χ4v) is 27.7. The standard InChI is InChI=1S/C32H24Cl2O4.C32H34O5.C30H26Cl4O4.C30H28Cl2O4/c33-25-15-7-5-13-22(25)27-29(31(35)36)28(23-14-6-8-16-26(23)34)30(27)32(37)38-17-24-20-11-3-1-9-18(20)19-10-2-4-12-21(19)24;1-20-12-6-7-15-22(20)27-29(31(33)34)28(24-17-9-10-18-25(24)36-2)30(27)32(35)37-26-19-11-8-16-23(26)21-13-4-3-5-14-21;31-18-11-6-12-19(32)23(18)25-27(29(35)36)26(24-20(33)13-7-14-21(24)34)28(25)30(37)38-22-15-5-4-10-17(22)16-8-2-1-3-9-16;31-22-15-7-4-13-20(22)25-27(29(33)34)26(21-14-5-8-16-23(21)32)28(25)30(35)36-24-17-9-6-12-19(24)18-10-2-1-3-11-18/h1-16,24,27-30H,17H2,(H,35,36);3-7,9-10,12-15,17-18,23,26-30H,8,11,16,19H2,1-2H3,(H,33,34);1-3,6-9,11-14,17,22,25-28H,4-5,10,15H2,(H,35,36);1-5,7-8,10-11,13-16,19,24-28H,6,9,12,17H2,(H,33,34)/t27-,28-,29?,30?;23-,26?,27-,28-,29+,30+;17-,22?,25-,26-,27?,28?;19-,24?,25-,26-,27?,28?/m0000/s1. The number of hydrogen-bond acceptors (Lipinski definition) is 13. The molecule has 8 aliphatic carbocycles. The summed E-state index contributed by atoms with van der Waals surface area (Å²) in [5, 5.41) is 44.2. The fourth-order valence-electron chi connectivity index (χ4n) is 25.3. The fraction of sp³-hybridized carbons (Fsp3) is 0.306. The van der Waals surface area contributed by atoms with Crippen LogP contribution in [-0.2, 0) is 57.3 Å². The number of carboxylic acid groups (broad SMARTS) is 4. The van der Waals surface area contributed by atoms with Crippen molar-refractivity contribution in [2.45, 2.75) is 173 Å². The van der Waals surface area contributed by atoms with E-state index in [0.29, 0.717) is 79.3 Å². The molecule has 7 fully saturated rings. The maximum Gasteiger partial charge on any atom is 0.310 e. The van der Waals surface area contributed by atoms with E-state index in [1.54, 1.807) is 128 Å². The van der Waals surface area contributed by atoms with Crippen molar-refractivity contribution in [3.05, 3.63) is 440 Å². The lowest BCUT2D eigenvalue weighted by molar-refractivity contribution is -0.171. The molecule has 3 unspecified atom stereocenters. The first-order chi connectivity index (χ1) is 72.2. The summed E-state index contributed by atoms with van der Waals surface area (Å²) in [6, 6.07) is 100. The number of aryl methyl sites for hydroxylation is 1. The number of aliphatic carboxylic acids is 4. The molecule has 25 heteroatoms. The number of fused-ring (bicyclic) bond motifs is 3. The number of halogens is 8. The SMILES string of the molecule is COc1ccccc1[C@H]1[C@H](C(=O)O)[C@H](c2ccccc2C)[C@H]1C(=O)OC1CCCC[C@H]1c1ccccc1.O=C(O)C1[C@H](c2c(Cl)cccc2Cl)C(C(=O)OC2CCCC[C@H]2c2ccccc2)[C@H]1c1c(Cl)cccc1Cl.O=C(O)C1[C@H](c2ccccc2Cl)C(C(=O)OC2CCCC[C@H]2c2ccccc2)[C@H]1c1ccccc1Cl.O=C(O)C1[C@H](c2ccccc2Cl)C(C(=O)OCC2c3ccccc3-c3ccccc32)[C@H]1c1ccccc1Cl. The minimum absolute atomic E-state index is 0.0638. The largest absolute Gasteiger partial charge is 0.496 e. The molecular weight excluding hydrogens is 2040 g/mol. The third-order valence-electron chi connectivity index (χ3n) is 32.1. The van der Waals surface area contributed by atoms with Crippen LogP contribution in [0.1, 0.15) is 226 Å². The average Bonchev–Trinajstić information content (AvgIpc) is 1.25. The van der Waals surface area contributed by atoms with E-state index in [2.05, 4.69) is 60.7 Å². The molecule has 0 heterocycles. The van der Waals surface area contributed by atoms with Crippen molar-refractivity contribution in [2.24, 2.45) is 47.3 Å². The molecule has 8 aliphatic rings. The Bertz CT molecular complexity index is 6800. The van der Waals surface area contributed by atoms with E-state index in [-0.39, 0.29) is 60.5 Å². The number of para-hydroxylation sites is 1. The van der Waals surface area contributed by atoms with Gasteiger partial charge in [0.05, 0.1) is 54.5 Å². The van der Waals surface area contributed by atoms with E-state index in [4.69, 9.17) is 116 Å². The highest BCUT2D eigenvalue weighted by Crippen LogP contribution is 2.66. The van der Waals surface area contributed by atoms with Crippen LogP contribution in [0.4, 0.5) is 0 Å². The van der Waals surface area contributed by atoms with Crippen molar-refractivity contribution in [3.8, 4) is 16.9 Å². The van der Waals surface area contributed by atoms with Gasteiger partial charge in [-0.05, 0) is 208 Å². The number of carboxylic acids is 4. The van der Waals surface area contributed by atoms with Crippen LogP contribution in [0.3, 0.4) is 0 Å². The molecule has 0 saturated heterocycles. The van der Waals surface area contributed by atoms with Gasteiger partial charge < -0.3 is 44.1 Å². The van der Waals surface area contributed by atoms with Crippen LogP contribution in [0.5, 0.6) is 5.75 Å². The molecule has 13 aromatic rings. The van der Waals surface area contributed by atoms with Gasteiger partial charge in [-0.15, -0.1) is 0 Å². The van der Waals surface area contributed by atoms with E-state index in [9.17, 15) is 58.8 Å². The lowest BCUT2D eigenvalue weighted by Gasteiger charge is -2.50. The summed E-state index contributed by atoms with van der Waals surface area (Å²) in [4.78, 5) is 106.